The minimum absolute atomic E-state index is 0.110. The van der Waals surface area contributed by atoms with Crippen molar-refractivity contribution in [3.05, 3.63) is 59.0 Å². The summed E-state index contributed by atoms with van der Waals surface area (Å²) in [6.45, 7) is 8.78. The van der Waals surface area contributed by atoms with E-state index in [0.29, 0.717) is 6.54 Å². The van der Waals surface area contributed by atoms with Crippen molar-refractivity contribution >= 4 is 0 Å². The molecule has 0 spiro atoms. The largest absolute Gasteiger partial charge is 0.466 e. The third kappa shape index (κ3) is 4.87. The van der Waals surface area contributed by atoms with Crippen LogP contribution in [-0.2, 0) is 18.1 Å². The predicted molar refractivity (Wildman–Crippen MR) is 88.8 cm³/mol. The van der Waals surface area contributed by atoms with Crippen LogP contribution in [0.25, 0.3) is 0 Å². The molecule has 24 heavy (non-hydrogen) atoms. The van der Waals surface area contributed by atoms with Crippen molar-refractivity contribution in [3.63, 3.8) is 0 Å². The van der Waals surface area contributed by atoms with Gasteiger partial charge in [-0.3, -0.25) is 0 Å². The first kappa shape index (κ1) is 18.6. The summed E-state index contributed by atoms with van der Waals surface area (Å²) >= 11 is 0. The van der Waals surface area contributed by atoms with Crippen LogP contribution in [0.15, 0.2) is 40.8 Å². The Bertz CT molecular complexity index is 656. The van der Waals surface area contributed by atoms with Gasteiger partial charge in [-0.25, -0.2) is 0 Å². The van der Waals surface area contributed by atoms with E-state index in [2.05, 4.69) is 26.1 Å². The molecule has 0 amide bonds. The minimum atomic E-state index is -4.29. The summed E-state index contributed by atoms with van der Waals surface area (Å²) in [5.74, 6) is 1.84. The molecule has 0 saturated carbocycles. The van der Waals surface area contributed by atoms with Gasteiger partial charge in [0.15, 0.2) is 0 Å². The zero-order valence-corrected chi connectivity index (χ0v) is 14.5. The molecule has 1 heterocycles. The molecule has 0 radical (unpaired) electrons. The number of hydrogen-bond acceptors (Lipinski definition) is 2. The van der Waals surface area contributed by atoms with Gasteiger partial charge in [0, 0.05) is 18.0 Å². The highest BCUT2D eigenvalue weighted by atomic mass is 19.4. The van der Waals surface area contributed by atoms with Gasteiger partial charge in [-0.1, -0.05) is 26.0 Å². The number of alkyl halides is 3. The highest BCUT2D eigenvalue weighted by molar-refractivity contribution is 5.24. The molecular weight excluding hydrogens is 315 g/mol. The van der Waals surface area contributed by atoms with Gasteiger partial charge in [0.25, 0.3) is 0 Å². The normalized spacial score (nSPS) is 14.0. The van der Waals surface area contributed by atoms with Gasteiger partial charge in [-0.15, -0.1) is 0 Å². The first-order valence-electron chi connectivity index (χ1n) is 8.04. The van der Waals surface area contributed by atoms with Gasteiger partial charge in [-0.2, -0.15) is 13.2 Å². The van der Waals surface area contributed by atoms with E-state index >= 15 is 0 Å². The Hall–Kier alpha value is -1.75. The van der Waals surface area contributed by atoms with Crippen LogP contribution in [-0.4, -0.2) is 6.04 Å². The zero-order valence-electron chi connectivity index (χ0n) is 14.5. The molecule has 0 saturated heterocycles. The second-order valence-corrected chi connectivity index (χ2v) is 6.97. The zero-order chi connectivity index (χ0) is 18.0. The van der Waals surface area contributed by atoms with Crippen molar-refractivity contribution < 1.29 is 17.6 Å². The van der Waals surface area contributed by atoms with E-state index in [1.54, 1.807) is 0 Å². The lowest BCUT2D eigenvalue weighted by Gasteiger charge is -2.26. The highest BCUT2D eigenvalue weighted by Crippen LogP contribution is 2.30. The van der Waals surface area contributed by atoms with E-state index < -0.39 is 11.7 Å². The Kier molecular flexibility index (Phi) is 5.43. The lowest BCUT2D eigenvalue weighted by Crippen LogP contribution is -2.32. The Morgan fingerprint density at radius 1 is 1.04 bits per heavy atom. The van der Waals surface area contributed by atoms with Crippen molar-refractivity contribution in [1.82, 2.24) is 5.32 Å². The molecule has 0 unspecified atom stereocenters. The van der Waals surface area contributed by atoms with E-state index in [-0.39, 0.29) is 11.5 Å². The summed E-state index contributed by atoms with van der Waals surface area (Å²) in [5, 5.41) is 3.37. The summed E-state index contributed by atoms with van der Waals surface area (Å²) in [4.78, 5) is 0. The number of furan rings is 1. The third-order valence-corrected chi connectivity index (χ3v) is 4.16. The van der Waals surface area contributed by atoms with Crippen LogP contribution in [0.1, 0.15) is 49.8 Å². The number of aryl methyl sites for hydroxylation is 1. The molecule has 132 valence electrons. The Labute approximate surface area is 141 Å². The van der Waals surface area contributed by atoms with Gasteiger partial charge in [0.1, 0.15) is 11.5 Å². The highest BCUT2D eigenvalue weighted by Gasteiger charge is 2.30. The van der Waals surface area contributed by atoms with E-state index in [1.165, 1.54) is 12.1 Å². The standard InChI is InChI=1S/C19H24F3NO/c1-13(11-18(3,4)17-10-5-14(2)24-17)23-12-15-6-8-16(9-7-15)19(20,21)22/h5-10,13,23H,11-12H2,1-4H3/t13-/m0/s1. The number of halogens is 3. The maximum atomic E-state index is 12.6. The second kappa shape index (κ2) is 7.01. The average Bonchev–Trinajstić information content (AvgIpc) is 2.92. The monoisotopic (exact) mass is 339 g/mol. The van der Waals surface area contributed by atoms with Crippen molar-refractivity contribution in [2.24, 2.45) is 0 Å². The molecular formula is C19H24F3NO. The van der Waals surface area contributed by atoms with E-state index in [4.69, 9.17) is 4.42 Å². The molecule has 0 bridgehead atoms. The summed E-state index contributed by atoms with van der Waals surface area (Å²) in [6, 6.07) is 9.43. The average molecular weight is 339 g/mol. The van der Waals surface area contributed by atoms with Crippen LogP contribution in [0.4, 0.5) is 13.2 Å². The molecule has 1 N–H and O–H groups in total. The third-order valence-electron chi connectivity index (χ3n) is 4.16. The van der Waals surface area contributed by atoms with Crippen LogP contribution in [0.3, 0.4) is 0 Å². The molecule has 5 heteroatoms. The number of nitrogens with one attached hydrogen (secondary N) is 1. The summed E-state index contributed by atoms with van der Waals surface area (Å²) in [5.41, 5.74) is 0.107. The van der Waals surface area contributed by atoms with Crippen LogP contribution in [0.2, 0.25) is 0 Å². The van der Waals surface area contributed by atoms with Crippen LogP contribution in [0.5, 0.6) is 0 Å². The van der Waals surface area contributed by atoms with Crippen LogP contribution in [0, 0.1) is 6.92 Å². The van der Waals surface area contributed by atoms with Gasteiger partial charge in [-0.05, 0) is 50.1 Å². The van der Waals surface area contributed by atoms with E-state index in [1.807, 2.05) is 19.1 Å². The SMILES string of the molecule is Cc1ccc(C(C)(C)C[C@H](C)NCc2ccc(C(F)(F)F)cc2)o1. The van der Waals surface area contributed by atoms with Crippen molar-refractivity contribution in [2.45, 2.75) is 58.3 Å². The molecule has 1 atom stereocenters. The molecule has 2 aromatic rings. The smallest absolute Gasteiger partial charge is 0.416 e. The molecule has 0 fully saturated rings. The molecule has 2 rings (SSSR count). The van der Waals surface area contributed by atoms with Gasteiger partial charge in [0.2, 0.25) is 0 Å². The number of benzene rings is 1. The quantitative estimate of drug-likeness (QED) is 0.757. The molecule has 2 nitrogen and oxygen atoms in total. The molecule has 1 aromatic carbocycles. The topological polar surface area (TPSA) is 25.2 Å². The molecule has 0 aliphatic heterocycles. The molecule has 0 aliphatic carbocycles. The Balaban J connectivity index is 1.90. The molecule has 1 aromatic heterocycles. The minimum Gasteiger partial charge on any atom is -0.466 e. The van der Waals surface area contributed by atoms with E-state index in [9.17, 15) is 13.2 Å². The van der Waals surface area contributed by atoms with Crippen LogP contribution >= 0.6 is 0 Å². The summed E-state index contributed by atoms with van der Waals surface area (Å²) < 4.78 is 43.4. The van der Waals surface area contributed by atoms with Crippen molar-refractivity contribution in [2.75, 3.05) is 0 Å². The van der Waals surface area contributed by atoms with Gasteiger partial charge >= 0.3 is 6.18 Å². The fourth-order valence-electron chi connectivity index (χ4n) is 2.84. The first-order valence-corrected chi connectivity index (χ1v) is 8.04. The fourth-order valence-corrected chi connectivity index (χ4v) is 2.84. The van der Waals surface area contributed by atoms with Crippen molar-refractivity contribution in [3.8, 4) is 0 Å². The Morgan fingerprint density at radius 2 is 1.67 bits per heavy atom. The predicted octanol–water partition coefficient (Wildman–Crippen LogP) is 5.45. The van der Waals surface area contributed by atoms with Crippen LogP contribution < -0.4 is 5.32 Å². The molecule has 0 aliphatic rings. The lowest BCUT2D eigenvalue weighted by molar-refractivity contribution is -0.137. The van der Waals surface area contributed by atoms with Gasteiger partial charge < -0.3 is 9.73 Å². The van der Waals surface area contributed by atoms with Gasteiger partial charge in [0.05, 0.1) is 5.56 Å². The summed E-state index contributed by atoms with van der Waals surface area (Å²) in [7, 11) is 0. The number of hydrogen-bond donors (Lipinski definition) is 1. The maximum Gasteiger partial charge on any atom is 0.416 e. The summed E-state index contributed by atoms with van der Waals surface area (Å²) in [6.07, 6.45) is -3.43. The first-order chi connectivity index (χ1) is 11.1. The van der Waals surface area contributed by atoms with E-state index in [0.717, 1.165) is 35.6 Å². The Morgan fingerprint density at radius 3 is 2.17 bits per heavy atom. The fraction of sp³-hybridized carbons (Fsp3) is 0.474. The lowest BCUT2D eigenvalue weighted by atomic mass is 9.83. The number of rotatable bonds is 6. The maximum absolute atomic E-state index is 12.6. The van der Waals surface area contributed by atoms with Crippen molar-refractivity contribution in [1.29, 1.82) is 0 Å². The second-order valence-electron chi connectivity index (χ2n) is 6.97.